The Balaban J connectivity index is 1.85. The molecule has 0 unspecified atom stereocenters. The molecule has 2 aromatic rings. The summed E-state index contributed by atoms with van der Waals surface area (Å²) >= 11 is 0. The van der Waals surface area contributed by atoms with Crippen LogP contribution < -0.4 is 15.8 Å². The Hall–Kier alpha value is -2.50. The van der Waals surface area contributed by atoms with Gasteiger partial charge in [0.05, 0.1) is 11.9 Å². The third-order valence-electron chi connectivity index (χ3n) is 2.05. The van der Waals surface area contributed by atoms with Crippen LogP contribution in [-0.2, 0) is 4.79 Å². The molecule has 2 rings (SSSR count). The highest BCUT2D eigenvalue weighted by atomic mass is 16.5. The zero-order valence-electron chi connectivity index (χ0n) is 9.01. The second kappa shape index (κ2) is 5.02. The van der Waals surface area contributed by atoms with Crippen molar-refractivity contribution in [3.8, 4) is 5.75 Å². The number of carbonyl (C=O) groups excluding carboxylic acids is 1. The minimum Gasteiger partial charge on any atom is -0.484 e. The molecule has 6 nitrogen and oxygen atoms in total. The molecule has 0 aliphatic rings. The molecule has 6 heteroatoms. The van der Waals surface area contributed by atoms with Gasteiger partial charge in [0.15, 0.2) is 12.4 Å². The van der Waals surface area contributed by atoms with E-state index in [1.807, 2.05) is 18.2 Å². The van der Waals surface area contributed by atoms with Gasteiger partial charge in [0, 0.05) is 0 Å². The number of para-hydroxylation sites is 1. The monoisotopic (exact) mass is 232 g/mol. The van der Waals surface area contributed by atoms with Gasteiger partial charge in [-0.05, 0) is 12.1 Å². The number of aromatic amines is 1. The number of aromatic nitrogens is 2. The summed E-state index contributed by atoms with van der Waals surface area (Å²) in [4.78, 5) is 11.5. The van der Waals surface area contributed by atoms with E-state index in [1.54, 1.807) is 12.1 Å². The van der Waals surface area contributed by atoms with Crippen LogP contribution in [-0.4, -0.2) is 22.7 Å². The fraction of sp³-hybridized carbons (Fsp3) is 0.0909. The van der Waals surface area contributed by atoms with E-state index in [4.69, 9.17) is 10.5 Å². The van der Waals surface area contributed by atoms with Crippen molar-refractivity contribution in [3.63, 3.8) is 0 Å². The van der Waals surface area contributed by atoms with Crippen molar-refractivity contribution in [3.05, 3.63) is 36.5 Å². The summed E-state index contributed by atoms with van der Waals surface area (Å²) in [5.74, 6) is 0.719. The van der Waals surface area contributed by atoms with Crippen LogP contribution in [0, 0.1) is 0 Å². The average molecular weight is 232 g/mol. The average Bonchev–Trinajstić information content (AvgIpc) is 2.74. The first kappa shape index (κ1) is 11.0. The second-order valence-corrected chi connectivity index (χ2v) is 3.35. The van der Waals surface area contributed by atoms with Crippen LogP contribution in [0.2, 0.25) is 0 Å². The topological polar surface area (TPSA) is 93.0 Å². The highest BCUT2D eigenvalue weighted by Gasteiger charge is 2.07. The molecule has 17 heavy (non-hydrogen) atoms. The number of hydrogen-bond acceptors (Lipinski definition) is 4. The maximum Gasteiger partial charge on any atom is 0.263 e. The first-order chi connectivity index (χ1) is 8.25. The molecule has 88 valence electrons. The van der Waals surface area contributed by atoms with Crippen molar-refractivity contribution in [2.24, 2.45) is 0 Å². The molecule has 0 aliphatic heterocycles. The number of carbonyl (C=O) groups is 1. The third kappa shape index (κ3) is 2.97. The van der Waals surface area contributed by atoms with Gasteiger partial charge in [0.1, 0.15) is 5.75 Å². The number of nitrogens with one attached hydrogen (secondary N) is 2. The quantitative estimate of drug-likeness (QED) is 0.733. The van der Waals surface area contributed by atoms with E-state index in [-0.39, 0.29) is 12.5 Å². The number of nitrogens with zero attached hydrogens (tertiary/aromatic N) is 1. The molecule has 4 N–H and O–H groups in total. The molecule has 0 bridgehead atoms. The number of nitrogens with two attached hydrogens (primary N) is 1. The number of benzene rings is 1. The summed E-state index contributed by atoms with van der Waals surface area (Å²) in [6.45, 7) is -0.0809. The minimum atomic E-state index is -0.301. The van der Waals surface area contributed by atoms with Gasteiger partial charge >= 0.3 is 0 Å². The molecular formula is C11H12N4O2. The molecule has 1 heterocycles. The molecule has 0 spiro atoms. The van der Waals surface area contributed by atoms with Gasteiger partial charge in [-0.3, -0.25) is 9.89 Å². The number of hydrogen-bond donors (Lipinski definition) is 3. The van der Waals surface area contributed by atoms with E-state index in [2.05, 4.69) is 15.5 Å². The van der Waals surface area contributed by atoms with Gasteiger partial charge in [-0.25, -0.2) is 0 Å². The molecule has 1 aromatic carbocycles. The predicted molar refractivity (Wildman–Crippen MR) is 63.6 cm³/mol. The predicted octanol–water partition coefficient (Wildman–Crippen LogP) is 1.01. The zero-order valence-corrected chi connectivity index (χ0v) is 9.01. The Labute approximate surface area is 97.8 Å². The van der Waals surface area contributed by atoms with Gasteiger partial charge in [-0.15, -0.1) is 0 Å². The van der Waals surface area contributed by atoms with Crippen LogP contribution in [0.1, 0.15) is 0 Å². The zero-order chi connectivity index (χ0) is 12.1. The lowest BCUT2D eigenvalue weighted by molar-refractivity contribution is -0.118. The number of rotatable bonds is 4. The fourth-order valence-corrected chi connectivity index (χ4v) is 1.24. The van der Waals surface area contributed by atoms with Crippen LogP contribution >= 0.6 is 0 Å². The molecule has 0 saturated carbocycles. The lowest BCUT2D eigenvalue weighted by atomic mass is 10.3. The molecule has 0 aliphatic carbocycles. The normalized spacial score (nSPS) is 9.88. The van der Waals surface area contributed by atoms with Crippen LogP contribution in [0.25, 0.3) is 0 Å². The number of H-pyrrole nitrogens is 1. The van der Waals surface area contributed by atoms with Gasteiger partial charge in [0.2, 0.25) is 0 Å². The van der Waals surface area contributed by atoms with E-state index in [0.717, 1.165) is 0 Å². The van der Waals surface area contributed by atoms with Crippen molar-refractivity contribution in [2.45, 2.75) is 0 Å². The van der Waals surface area contributed by atoms with Gasteiger partial charge in [-0.1, -0.05) is 18.2 Å². The van der Waals surface area contributed by atoms with Crippen molar-refractivity contribution in [1.82, 2.24) is 10.2 Å². The van der Waals surface area contributed by atoms with E-state index in [1.165, 1.54) is 6.20 Å². The van der Waals surface area contributed by atoms with Crippen molar-refractivity contribution < 1.29 is 9.53 Å². The fourth-order valence-electron chi connectivity index (χ4n) is 1.24. The number of amides is 1. The van der Waals surface area contributed by atoms with E-state index < -0.39 is 0 Å². The summed E-state index contributed by atoms with van der Waals surface area (Å²) in [5, 5.41) is 8.81. The second-order valence-electron chi connectivity index (χ2n) is 3.35. The molecule has 0 atom stereocenters. The Morgan fingerprint density at radius 3 is 2.82 bits per heavy atom. The summed E-state index contributed by atoms with van der Waals surface area (Å²) in [6, 6.07) is 9.09. The molecular weight excluding hydrogens is 220 g/mol. The Bertz CT molecular complexity index is 495. The van der Waals surface area contributed by atoms with Crippen LogP contribution in [0.15, 0.2) is 36.5 Å². The smallest absolute Gasteiger partial charge is 0.263 e. The number of anilines is 2. The third-order valence-corrected chi connectivity index (χ3v) is 2.05. The van der Waals surface area contributed by atoms with Gasteiger partial charge < -0.3 is 15.8 Å². The van der Waals surface area contributed by atoms with Crippen molar-refractivity contribution >= 4 is 17.4 Å². The Kier molecular flexibility index (Phi) is 3.25. The largest absolute Gasteiger partial charge is 0.484 e. The highest BCUT2D eigenvalue weighted by Crippen LogP contribution is 2.12. The maximum atomic E-state index is 11.5. The van der Waals surface area contributed by atoms with Crippen molar-refractivity contribution in [1.29, 1.82) is 0 Å². The van der Waals surface area contributed by atoms with Gasteiger partial charge in [-0.2, -0.15) is 5.10 Å². The summed E-state index contributed by atoms with van der Waals surface area (Å²) < 4.78 is 5.27. The SMILES string of the molecule is Nc1cn[nH]c1NC(=O)COc1ccccc1. The minimum absolute atomic E-state index is 0.0809. The number of ether oxygens (including phenoxy) is 1. The molecule has 1 aromatic heterocycles. The first-order valence-electron chi connectivity index (χ1n) is 5.02. The first-order valence-corrected chi connectivity index (χ1v) is 5.02. The molecule has 0 fully saturated rings. The van der Waals surface area contributed by atoms with E-state index in [9.17, 15) is 4.79 Å². The molecule has 0 radical (unpaired) electrons. The maximum absolute atomic E-state index is 11.5. The summed E-state index contributed by atoms with van der Waals surface area (Å²) in [5.41, 5.74) is 5.93. The summed E-state index contributed by atoms with van der Waals surface area (Å²) in [7, 11) is 0. The van der Waals surface area contributed by atoms with Crippen LogP contribution in [0.4, 0.5) is 11.5 Å². The number of nitrogen functional groups attached to an aromatic ring is 1. The van der Waals surface area contributed by atoms with Crippen molar-refractivity contribution in [2.75, 3.05) is 17.7 Å². The lowest BCUT2D eigenvalue weighted by Gasteiger charge is -2.06. The van der Waals surface area contributed by atoms with Crippen LogP contribution in [0.3, 0.4) is 0 Å². The molecule has 0 saturated heterocycles. The summed E-state index contributed by atoms with van der Waals surface area (Å²) in [6.07, 6.45) is 1.42. The van der Waals surface area contributed by atoms with Crippen LogP contribution in [0.5, 0.6) is 5.75 Å². The standard InChI is InChI=1S/C11H12N4O2/c12-9-6-13-15-11(9)14-10(16)7-17-8-4-2-1-3-5-8/h1-6H,7,12H2,(H2,13,14,15,16). The Morgan fingerprint density at radius 1 is 1.41 bits per heavy atom. The van der Waals surface area contributed by atoms with Gasteiger partial charge in [0.25, 0.3) is 5.91 Å². The highest BCUT2D eigenvalue weighted by molar-refractivity contribution is 5.93. The molecule has 1 amide bonds. The van der Waals surface area contributed by atoms with E-state index in [0.29, 0.717) is 17.3 Å². The lowest BCUT2D eigenvalue weighted by Crippen LogP contribution is -2.20. The van der Waals surface area contributed by atoms with E-state index >= 15 is 0 Å². The Morgan fingerprint density at radius 2 is 2.18 bits per heavy atom.